The quantitative estimate of drug-likeness (QED) is 0.428. The van der Waals surface area contributed by atoms with Crippen molar-refractivity contribution in [3.63, 3.8) is 0 Å². The van der Waals surface area contributed by atoms with Gasteiger partial charge in [0.05, 0.1) is 6.61 Å². The van der Waals surface area contributed by atoms with Crippen molar-refractivity contribution in [2.45, 2.75) is 31.9 Å². The molecule has 0 bridgehead atoms. The van der Waals surface area contributed by atoms with Gasteiger partial charge in [-0.15, -0.1) is 0 Å². The summed E-state index contributed by atoms with van der Waals surface area (Å²) < 4.78 is 7.16. The van der Waals surface area contributed by atoms with Crippen LogP contribution in [0.1, 0.15) is 49.0 Å². The maximum absolute atomic E-state index is 9.85. The van der Waals surface area contributed by atoms with Gasteiger partial charge in [0, 0.05) is 42.6 Å². The fraction of sp³-hybridized carbons (Fsp3) is 0.333. The van der Waals surface area contributed by atoms with Crippen LogP contribution in [0.3, 0.4) is 0 Å². The molecular weight excluding hydrogens is 358 g/mol. The summed E-state index contributed by atoms with van der Waals surface area (Å²) in [5.74, 6) is 7.09. The number of aliphatic hydroxyl groups is 3. The number of unbranched alkanes of at least 4 members (excludes halogenated alkanes) is 1. The van der Waals surface area contributed by atoms with Gasteiger partial charge in [0.2, 0.25) is 0 Å². The Morgan fingerprint density at radius 1 is 1.21 bits per heavy atom. The van der Waals surface area contributed by atoms with Crippen molar-refractivity contribution in [1.29, 1.82) is 0 Å². The van der Waals surface area contributed by atoms with Crippen molar-refractivity contribution in [2.75, 3.05) is 13.2 Å². The fourth-order valence-electron chi connectivity index (χ4n) is 2.87. The molecule has 3 rings (SSSR count). The van der Waals surface area contributed by atoms with Crippen molar-refractivity contribution in [1.82, 2.24) is 14.7 Å². The molecule has 0 saturated carbocycles. The van der Waals surface area contributed by atoms with Crippen LogP contribution in [0.2, 0.25) is 0 Å². The molecule has 0 aliphatic heterocycles. The zero-order valence-corrected chi connectivity index (χ0v) is 15.6. The lowest BCUT2D eigenvalue weighted by molar-refractivity contribution is 0.173. The second-order valence-electron chi connectivity index (χ2n) is 6.39. The highest BCUT2D eigenvalue weighted by Crippen LogP contribution is 2.27. The van der Waals surface area contributed by atoms with Gasteiger partial charge in [-0.1, -0.05) is 17.0 Å². The fourth-order valence-corrected chi connectivity index (χ4v) is 2.87. The monoisotopic (exact) mass is 381 g/mol. The number of hydrogen-bond donors (Lipinski definition) is 3. The Balaban J connectivity index is 1.79. The molecular formula is C21H23N3O4. The number of benzene rings is 1. The molecule has 0 saturated heterocycles. The van der Waals surface area contributed by atoms with E-state index in [1.165, 1.54) is 0 Å². The molecule has 2 aromatic heterocycles. The molecule has 0 amide bonds. The smallest absolute Gasteiger partial charge is 0.167 e. The van der Waals surface area contributed by atoms with Crippen molar-refractivity contribution in [3.05, 3.63) is 59.8 Å². The third-order valence-corrected chi connectivity index (χ3v) is 4.31. The first kappa shape index (κ1) is 19.8. The Kier molecular flexibility index (Phi) is 6.61. The summed E-state index contributed by atoms with van der Waals surface area (Å²) in [5, 5.41) is 32.6. The summed E-state index contributed by atoms with van der Waals surface area (Å²) in [7, 11) is 0. The third kappa shape index (κ3) is 4.49. The largest absolute Gasteiger partial charge is 0.396 e. The number of rotatable bonds is 7. The predicted molar refractivity (Wildman–Crippen MR) is 103 cm³/mol. The van der Waals surface area contributed by atoms with Gasteiger partial charge in [-0.3, -0.25) is 0 Å². The minimum atomic E-state index is -0.763. The van der Waals surface area contributed by atoms with Crippen LogP contribution in [0.5, 0.6) is 0 Å². The lowest BCUT2D eigenvalue weighted by Gasteiger charge is -2.17. The molecule has 7 heteroatoms. The van der Waals surface area contributed by atoms with Crippen LogP contribution in [0.25, 0.3) is 11.3 Å². The summed E-state index contributed by atoms with van der Waals surface area (Å²) in [4.78, 5) is 4.14. The van der Waals surface area contributed by atoms with E-state index in [1.807, 2.05) is 24.3 Å². The number of imidazole rings is 1. The molecule has 7 nitrogen and oxygen atoms in total. The Morgan fingerprint density at radius 3 is 2.68 bits per heavy atom. The molecule has 0 aliphatic carbocycles. The third-order valence-electron chi connectivity index (χ3n) is 4.31. The van der Waals surface area contributed by atoms with E-state index in [0.717, 1.165) is 11.1 Å². The van der Waals surface area contributed by atoms with Gasteiger partial charge in [-0.2, -0.15) is 0 Å². The Bertz CT molecular complexity index is 948. The number of nitrogens with zero attached hydrogens (tertiary/aromatic N) is 3. The highest BCUT2D eigenvalue weighted by atomic mass is 16.5. The van der Waals surface area contributed by atoms with Crippen molar-refractivity contribution >= 4 is 0 Å². The summed E-state index contributed by atoms with van der Waals surface area (Å²) in [5.41, 5.74) is 2.28. The van der Waals surface area contributed by atoms with Crippen LogP contribution in [0.4, 0.5) is 0 Å². The first-order chi connectivity index (χ1) is 13.6. The van der Waals surface area contributed by atoms with E-state index >= 15 is 0 Å². The maximum Gasteiger partial charge on any atom is 0.167 e. The minimum absolute atomic E-state index is 0.147. The Morgan fingerprint density at radius 2 is 2.00 bits per heavy atom. The summed E-state index contributed by atoms with van der Waals surface area (Å²) in [6, 6.07) is 8.86. The molecule has 3 N–H and O–H groups in total. The first-order valence-corrected chi connectivity index (χ1v) is 9.12. The van der Waals surface area contributed by atoms with Gasteiger partial charge in [-0.05, 0) is 37.6 Å². The molecule has 3 aromatic rings. The van der Waals surface area contributed by atoms with Crippen molar-refractivity contribution in [2.24, 2.45) is 0 Å². The van der Waals surface area contributed by atoms with Crippen LogP contribution in [-0.2, 0) is 0 Å². The average molecular weight is 381 g/mol. The van der Waals surface area contributed by atoms with Crippen LogP contribution in [0.15, 0.2) is 47.2 Å². The second-order valence-corrected chi connectivity index (χ2v) is 6.39. The zero-order valence-electron chi connectivity index (χ0n) is 15.6. The minimum Gasteiger partial charge on any atom is -0.396 e. The normalized spacial score (nSPS) is 13.0. The number of aromatic nitrogens is 3. The molecule has 28 heavy (non-hydrogen) atoms. The lowest BCUT2D eigenvalue weighted by Crippen LogP contribution is -2.18. The van der Waals surface area contributed by atoms with E-state index in [1.54, 1.807) is 30.0 Å². The van der Waals surface area contributed by atoms with E-state index in [0.29, 0.717) is 30.1 Å². The topological polar surface area (TPSA) is 105 Å². The SMILES string of the molecule is CC(O)c1nccn1C(CO)c1cc(-c2ccc(C#CCCCO)cc2)on1. The molecule has 0 spiro atoms. The van der Waals surface area contributed by atoms with Gasteiger partial charge < -0.3 is 24.4 Å². The average Bonchev–Trinajstić information content (AvgIpc) is 3.37. The van der Waals surface area contributed by atoms with Gasteiger partial charge >= 0.3 is 0 Å². The maximum atomic E-state index is 9.85. The molecule has 2 unspecified atom stereocenters. The van der Waals surface area contributed by atoms with Crippen LogP contribution in [0, 0.1) is 11.8 Å². The highest BCUT2D eigenvalue weighted by molar-refractivity contribution is 5.59. The molecule has 2 atom stereocenters. The van der Waals surface area contributed by atoms with E-state index < -0.39 is 12.1 Å². The van der Waals surface area contributed by atoms with Gasteiger partial charge in [-0.25, -0.2) is 4.98 Å². The van der Waals surface area contributed by atoms with E-state index in [9.17, 15) is 10.2 Å². The summed E-state index contributed by atoms with van der Waals surface area (Å²) in [6.07, 6.45) is 3.84. The van der Waals surface area contributed by atoms with E-state index in [-0.39, 0.29) is 13.2 Å². The van der Waals surface area contributed by atoms with E-state index in [2.05, 4.69) is 22.0 Å². The Labute approximate surface area is 163 Å². The van der Waals surface area contributed by atoms with Gasteiger partial charge in [0.25, 0.3) is 0 Å². The van der Waals surface area contributed by atoms with Crippen molar-refractivity contribution in [3.8, 4) is 23.2 Å². The summed E-state index contributed by atoms with van der Waals surface area (Å²) in [6.45, 7) is 1.56. The van der Waals surface area contributed by atoms with Crippen LogP contribution in [-0.4, -0.2) is 43.2 Å². The summed E-state index contributed by atoms with van der Waals surface area (Å²) >= 11 is 0. The number of hydrogen-bond acceptors (Lipinski definition) is 6. The van der Waals surface area contributed by atoms with Gasteiger partial charge in [0.1, 0.15) is 23.7 Å². The lowest BCUT2D eigenvalue weighted by atomic mass is 10.1. The molecule has 0 radical (unpaired) electrons. The second kappa shape index (κ2) is 9.33. The van der Waals surface area contributed by atoms with E-state index in [4.69, 9.17) is 9.63 Å². The zero-order chi connectivity index (χ0) is 19.9. The van der Waals surface area contributed by atoms with Crippen LogP contribution < -0.4 is 0 Å². The molecule has 1 aromatic carbocycles. The molecule has 2 heterocycles. The van der Waals surface area contributed by atoms with Gasteiger partial charge in [0.15, 0.2) is 5.76 Å². The van der Waals surface area contributed by atoms with Crippen molar-refractivity contribution < 1.29 is 19.8 Å². The standard InChI is InChI=1S/C21H23N3O4/c1-15(27)21-22-10-11-24(21)19(14-26)18-13-20(28-23-18)17-8-6-16(7-9-17)5-3-2-4-12-25/h6-11,13,15,19,25-27H,2,4,12,14H2,1H3. The molecule has 0 aliphatic rings. The first-order valence-electron chi connectivity index (χ1n) is 9.12. The molecule has 0 fully saturated rings. The predicted octanol–water partition coefficient (Wildman–Crippen LogP) is 2.30. The highest BCUT2D eigenvalue weighted by Gasteiger charge is 2.22. The number of aliphatic hydroxyl groups excluding tert-OH is 3. The molecule has 146 valence electrons. The van der Waals surface area contributed by atoms with Crippen LogP contribution >= 0.6 is 0 Å². The Hall–Kier alpha value is -2.92.